The van der Waals surface area contributed by atoms with Gasteiger partial charge in [-0.3, -0.25) is 4.79 Å². The van der Waals surface area contributed by atoms with E-state index in [1.807, 2.05) is 60.7 Å². The molecule has 1 aliphatic rings. The average Bonchev–Trinajstić information content (AvgIpc) is 3.26. The van der Waals surface area contributed by atoms with Crippen LogP contribution in [0, 0.1) is 11.3 Å². The molecule has 1 N–H and O–H groups in total. The number of benzene rings is 3. The topological polar surface area (TPSA) is 83.7 Å². The van der Waals surface area contributed by atoms with Gasteiger partial charge in [0.05, 0.1) is 29.3 Å². The van der Waals surface area contributed by atoms with Crippen molar-refractivity contribution in [3.05, 3.63) is 106 Å². The van der Waals surface area contributed by atoms with Crippen molar-refractivity contribution in [2.45, 2.75) is 26.4 Å². The third-order valence-corrected chi connectivity index (χ3v) is 6.68. The zero-order chi connectivity index (χ0) is 26.2. The zero-order valence-corrected chi connectivity index (χ0v) is 21.6. The van der Waals surface area contributed by atoms with E-state index in [2.05, 4.69) is 29.9 Å². The summed E-state index contributed by atoms with van der Waals surface area (Å²) in [7, 11) is 1.58. The lowest BCUT2D eigenvalue weighted by Crippen LogP contribution is -2.19. The summed E-state index contributed by atoms with van der Waals surface area (Å²) in [4.78, 5) is 17.8. The van der Waals surface area contributed by atoms with Crippen molar-refractivity contribution in [1.82, 2.24) is 5.32 Å². The number of carbonyl (C=O) groups is 1. The smallest absolute Gasteiger partial charge is 0.264 e. The first-order valence-corrected chi connectivity index (χ1v) is 12.7. The van der Waals surface area contributed by atoms with Gasteiger partial charge < -0.3 is 14.8 Å². The summed E-state index contributed by atoms with van der Waals surface area (Å²) in [6.07, 6.45) is 5.10. The number of ether oxygens (including phenoxy) is 2. The Hall–Kier alpha value is -4.28. The van der Waals surface area contributed by atoms with Crippen LogP contribution in [0.2, 0.25) is 0 Å². The molecule has 0 radical (unpaired) electrons. The maximum absolute atomic E-state index is 12.7. The van der Waals surface area contributed by atoms with Crippen molar-refractivity contribution in [3.63, 3.8) is 0 Å². The Bertz CT molecular complexity index is 1420. The van der Waals surface area contributed by atoms with E-state index in [4.69, 9.17) is 9.47 Å². The lowest BCUT2D eigenvalue weighted by molar-refractivity contribution is -0.115. The Morgan fingerprint density at radius 1 is 1.14 bits per heavy atom. The average molecular weight is 510 g/mol. The molecule has 1 aliphatic heterocycles. The highest BCUT2D eigenvalue weighted by Gasteiger charge is 2.24. The summed E-state index contributed by atoms with van der Waals surface area (Å²) in [5, 5.41) is 12.8. The van der Waals surface area contributed by atoms with Crippen molar-refractivity contribution < 1.29 is 14.3 Å². The molecule has 1 amide bonds. The summed E-state index contributed by atoms with van der Waals surface area (Å²) in [6.45, 7) is 6.19. The molecule has 186 valence electrons. The standard InChI is InChI=1S/C30H27N3O3S/c1-4-8-22-15-21(16-26(35-3)28(22)36-19-24-10-7-6-9-23(24)18-31)17-27-29(34)33-30(37-27)32-25-13-11-20(5-2)12-14-25/h4,6-7,9-17H,1,5,8,19H2,2-3H3,(H,32,33,34)/b27-17-. The molecule has 6 nitrogen and oxygen atoms in total. The number of thioether (sulfide) groups is 1. The molecule has 1 saturated heterocycles. The van der Waals surface area contributed by atoms with Crippen LogP contribution in [-0.2, 0) is 24.2 Å². The van der Waals surface area contributed by atoms with E-state index >= 15 is 0 Å². The molecule has 37 heavy (non-hydrogen) atoms. The lowest BCUT2D eigenvalue weighted by Gasteiger charge is -2.16. The van der Waals surface area contributed by atoms with E-state index in [0.717, 1.165) is 28.8 Å². The summed E-state index contributed by atoms with van der Waals surface area (Å²) in [6, 6.07) is 21.3. The maximum Gasteiger partial charge on any atom is 0.264 e. The fourth-order valence-corrected chi connectivity index (χ4v) is 4.69. The van der Waals surface area contributed by atoms with Gasteiger partial charge in [0.15, 0.2) is 16.7 Å². The van der Waals surface area contributed by atoms with E-state index in [0.29, 0.717) is 33.6 Å². The number of carbonyl (C=O) groups excluding carboxylic acids is 1. The van der Waals surface area contributed by atoms with Crippen LogP contribution in [0.15, 0.2) is 83.2 Å². The zero-order valence-electron chi connectivity index (χ0n) is 20.8. The molecule has 1 heterocycles. The van der Waals surface area contributed by atoms with Gasteiger partial charge >= 0.3 is 0 Å². The predicted molar refractivity (Wildman–Crippen MR) is 149 cm³/mol. The molecule has 1 fully saturated rings. The van der Waals surface area contributed by atoms with Crippen molar-refractivity contribution in [1.29, 1.82) is 5.26 Å². The number of allylic oxidation sites excluding steroid dienone is 1. The Morgan fingerprint density at radius 3 is 2.62 bits per heavy atom. The SMILES string of the molecule is C=CCc1cc(/C=C2\SC(=Nc3ccc(CC)cc3)NC2=O)cc(OC)c1OCc1ccccc1C#N. The van der Waals surface area contributed by atoms with Crippen molar-refractivity contribution in [3.8, 4) is 17.6 Å². The Balaban J connectivity index is 1.59. The van der Waals surface area contributed by atoms with E-state index in [-0.39, 0.29) is 12.5 Å². The quantitative estimate of drug-likeness (QED) is 0.269. The second-order valence-corrected chi connectivity index (χ2v) is 9.29. The van der Waals surface area contributed by atoms with Gasteiger partial charge in [-0.2, -0.15) is 5.26 Å². The second-order valence-electron chi connectivity index (χ2n) is 8.26. The van der Waals surface area contributed by atoms with Gasteiger partial charge in [-0.25, -0.2) is 4.99 Å². The molecule has 0 spiro atoms. The molecule has 0 aliphatic carbocycles. The third-order valence-electron chi connectivity index (χ3n) is 5.77. The fraction of sp³-hybridized carbons (Fsp3) is 0.167. The van der Waals surface area contributed by atoms with Crippen LogP contribution in [0.5, 0.6) is 11.5 Å². The highest BCUT2D eigenvalue weighted by molar-refractivity contribution is 8.18. The minimum absolute atomic E-state index is 0.202. The number of nitrogens with zero attached hydrogens (tertiary/aromatic N) is 2. The molecular formula is C30H27N3O3S. The van der Waals surface area contributed by atoms with Gasteiger partial charge in [-0.1, -0.05) is 43.3 Å². The predicted octanol–water partition coefficient (Wildman–Crippen LogP) is 6.33. The molecule has 3 aromatic rings. The first-order valence-electron chi connectivity index (χ1n) is 11.9. The Morgan fingerprint density at radius 2 is 1.92 bits per heavy atom. The maximum atomic E-state index is 12.7. The highest BCUT2D eigenvalue weighted by Crippen LogP contribution is 2.36. The van der Waals surface area contributed by atoms with Gasteiger partial charge in [0.25, 0.3) is 5.91 Å². The van der Waals surface area contributed by atoms with Crippen LogP contribution < -0.4 is 14.8 Å². The largest absolute Gasteiger partial charge is 0.493 e. The summed E-state index contributed by atoms with van der Waals surface area (Å²) < 4.78 is 11.8. The minimum Gasteiger partial charge on any atom is -0.493 e. The van der Waals surface area contributed by atoms with E-state index in [1.165, 1.54) is 17.3 Å². The van der Waals surface area contributed by atoms with Crippen molar-refractivity contribution >= 4 is 34.6 Å². The molecule has 0 bridgehead atoms. The van der Waals surface area contributed by atoms with Gasteiger partial charge in [-0.05, 0) is 72.1 Å². The Kier molecular flexibility index (Phi) is 8.44. The molecule has 0 atom stereocenters. The molecule has 7 heteroatoms. The molecule has 0 unspecified atom stereocenters. The normalized spacial score (nSPS) is 14.9. The number of aryl methyl sites for hydroxylation is 1. The van der Waals surface area contributed by atoms with Gasteiger partial charge in [0.2, 0.25) is 0 Å². The number of nitriles is 1. The van der Waals surface area contributed by atoms with E-state index in [1.54, 1.807) is 19.3 Å². The minimum atomic E-state index is -0.202. The van der Waals surface area contributed by atoms with Gasteiger partial charge in [-0.15, -0.1) is 6.58 Å². The first kappa shape index (κ1) is 25.8. The summed E-state index contributed by atoms with van der Waals surface area (Å²) in [5.74, 6) is 0.916. The monoisotopic (exact) mass is 509 g/mol. The fourth-order valence-electron chi connectivity index (χ4n) is 3.85. The number of hydrogen-bond acceptors (Lipinski definition) is 6. The second kappa shape index (κ2) is 12.1. The van der Waals surface area contributed by atoms with Crippen molar-refractivity contribution in [2.75, 3.05) is 7.11 Å². The molecule has 0 saturated carbocycles. The van der Waals surface area contributed by atoms with Crippen LogP contribution >= 0.6 is 11.8 Å². The molecule has 3 aromatic carbocycles. The molecule has 0 aromatic heterocycles. The number of amidine groups is 1. The van der Waals surface area contributed by atoms with Gasteiger partial charge in [0.1, 0.15) is 6.61 Å². The Labute approximate surface area is 221 Å². The first-order chi connectivity index (χ1) is 18.0. The number of methoxy groups -OCH3 is 1. The van der Waals surface area contributed by atoms with Crippen LogP contribution in [-0.4, -0.2) is 18.2 Å². The summed E-state index contributed by atoms with van der Waals surface area (Å²) in [5.41, 5.74) is 5.04. The molecular weight excluding hydrogens is 482 g/mol. The molecule has 4 rings (SSSR count). The number of amides is 1. The van der Waals surface area contributed by atoms with Gasteiger partial charge in [0, 0.05) is 11.1 Å². The third kappa shape index (κ3) is 6.29. The van der Waals surface area contributed by atoms with E-state index < -0.39 is 0 Å². The van der Waals surface area contributed by atoms with Crippen LogP contribution in [0.25, 0.3) is 6.08 Å². The number of nitrogens with one attached hydrogen (secondary N) is 1. The van der Waals surface area contributed by atoms with E-state index in [9.17, 15) is 10.1 Å². The summed E-state index contributed by atoms with van der Waals surface area (Å²) >= 11 is 1.29. The lowest BCUT2D eigenvalue weighted by atomic mass is 10.0. The number of hydrogen-bond donors (Lipinski definition) is 1. The highest BCUT2D eigenvalue weighted by atomic mass is 32.2. The van der Waals surface area contributed by atoms with Crippen LogP contribution in [0.3, 0.4) is 0 Å². The number of rotatable bonds is 9. The van der Waals surface area contributed by atoms with Crippen LogP contribution in [0.1, 0.15) is 34.7 Å². The van der Waals surface area contributed by atoms with Crippen LogP contribution in [0.4, 0.5) is 5.69 Å². The van der Waals surface area contributed by atoms with Crippen molar-refractivity contribution in [2.24, 2.45) is 4.99 Å². The number of aliphatic imine (C=N–C) groups is 1.